The van der Waals surface area contributed by atoms with Crippen molar-refractivity contribution in [3.05, 3.63) is 20.8 Å². The van der Waals surface area contributed by atoms with Crippen molar-refractivity contribution in [3.8, 4) is 0 Å². The fraction of sp³-hybridized carbons (Fsp3) is 0.375. The Morgan fingerprint density at radius 3 is 2.92 bits per heavy atom. The van der Waals surface area contributed by atoms with Crippen molar-refractivity contribution >= 4 is 33.2 Å². The van der Waals surface area contributed by atoms with Gasteiger partial charge in [-0.05, 0) is 28.1 Å². The van der Waals surface area contributed by atoms with E-state index in [2.05, 4.69) is 21.2 Å². The predicted molar refractivity (Wildman–Crippen MR) is 57.8 cm³/mol. The Morgan fingerprint density at radius 2 is 2.46 bits per heavy atom. The van der Waals surface area contributed by atoms with E-state index in [0.717, 1.165) is 8.66 Å². The summed E-state index contributed by atoms with van der Waals surface area (Å²) in [5, 5.41) is 2.52. The Labute approximate surface area is 89.5 Å². The smallest absolute Gasteiger partial charge is 0.237 e. The molecule has 0 aromatic carbocycles. The largest absolute Gasteiger partial charge is 0.358 e. The molecule has 0 aliphatic rings. The Hall–Kier alpha value is -0.390. The molecular formula is C8H11BrN2OS. The van der Waals surface area contributed by atoms with Crippen LogP contribution in [0, 0.1) is 0 Å². The standard InChI is InChI=1S/C8H11BrN2OS/c1-11-8(12)6(10)4-5-2-3-7(9)13-5/h2-3,6H,4,10H2,1H3,(H,11,12). The molecule has 3 N–H and O–H groups in total. The fourth-order valence-corrected chi connectivity index (χ4v) is 2.50. The van der Waals surface area contributed by atoms with Crippen LogP contribution in [0.1, 0.15) is 4.88 Å². The number of likely N-dealkylation sites (N-methyl/N-ethyl adjacent to an activating group) is 1. The van der Waals surface area contributed by atoms with Gasteiger partial charge in [-0.25, -0.2) is 0 Å². The summed E-state index contributed by atoms with van der Waals surface area (Å²) in [6.07, 6.45) is 0.593. The maximum absolute atomic E-state index is 11.1. The first-order chi connectivity index (χ1) is 6.13. The minimum Gasteiger partial charge on any atom is -0.358 e. The van der Waals surface area contributed by atoms with Crippen LogP contribution in [0.3, 0.4) is 0 Å². The molecule has 0 bridgehead atoms. The Bertz CT molecular complexity index is 300. The van der Waals surface area contributed by atoms with Crippen LogP contribution < -0.4 is 11.1 Å². The summed E-state index contributed by atoms with van der Waals surface area (Å²) < 4.78 is 1.06. The van der Waals surface area contributed by atoms with E-state index in [1.54, 1.807) is 18.4 Å². The summed E-state index contributed by atoms with van der Waals surface area (Å²) in [6.45, 7) is 0. The lowest BCUT2D eigenvalue weighted by Gasteiger charge is -2.07. The molecule has 0 aliphatic carbocycles. The van der Waals surface area contributed by atoms with Crippen LogP contribution in [0.2, 0.25) is 0 Å². The molecule has 1 aromatic rings. The number of nitrogens with one attached hydrogen (secondary N) is 1. The molecule has 5 heteroatoms. The lowest BCUT2D eigenvalue weighted by atomic mass is 10.2. The van der Waals surface area contributed by atoms with Gasteiger partial charge < -0.3 is 11.1 Å². The predicted octanol–water partition coefficient (Wildman–Crippen LogP) is 1.13. The van der Waals surface area contributed by atoms with Crippen molar-refractivity contribution in [2.24, 2.45) is 5.73 Å². The molecule has 1 atom stereocenters. The number of carbonyl (C=O) groups is 1. The fourth-order valence-electron chi connectivity index (χ4n) is 0.956. The van der Waals surface area contributed by atoms with Crippen LogP contribution >= 0.6 is 27.3 Å². The van der Waals surface area contributed by atoms with E-state index < -0.39 is 6.04 Å². The molecule has 13 heavy (non-hydrogen) atoms. The van der Waals surface area contributed by atoms with E-state index in [1.165, 1.54) is 0 Å². The SMILES string of the molecule is CNC(=O)C(N)Cc1ccc(Br)s1. The zero-order chi connectivity index (χ0) is 9.84. The van der Waals surface area contributed by atoms with Gasteiger partial charge in [-0.2, -0.15) is 0 Å². The van der Waals surface area contributed by atoms with Crippen LogP contribution in [0.4, 0.5) is 0 Å². The van der Waals surface area contributed by atoms with Crippen molar-refractivity contribution in [1.29, 1.82) is 0 Å². The third-order valence-electron chi connectivity index (χ3n) is 1.63. The van der Waals surface area contributed by atoms with Crippen LogP contribution in [0.15, 0.2) is 15.9 Å². The lowest BCUT2D eigenvalue weighted by molar-refractivity contribution is -0.121. The summed E-state index contributed by atoms with van der Waals surface area (Å²) in [7, 11) is 1.59. The Kier molecular flexibility index (Phi) is 3.90. The topological polar surface area (TPSA) is 55.1 Å². The van der Waals surface area contributed by atoms with Gasteiger partial charge in [0.15, 0.2) is 0 Å². The third-order valence-corrected chi connectivity index (χ3v) is 3.28. The van der Waals surface area contributed by atoms with Crippen molar-refractivity contribution in [3.63, 3.8) is 0 Å². The molecule has 0 radical (unpaired) electrons. The molecule has 1 aromatic heterocycles. The number of nitrogens with two attached hydrogens (primary N) is 1. The molecule has 0 saturated heterocycles. The first kappa shape index (κ1) is 10.7. The summed E-state index contributed by atoms with van der Waals surface area (Å²) >= 11 is 4.95. The maximum atomic E-state index is 11.1. The van der Waals surface area contributed by atoms with Gasteiger partial charge in [-0.3, -0.25) is 4.79 Å². The number of halogens is 1. The highest BCUT2D eigenvalue weighted by Crippen LogP contribution is 2.22. The Balaban J connectivity index is 2.54. The van der Waals surface area contributed by atoms with E-state index in [1.807, 2.05) is 12.1 Å². The molecule has 0 fully saturated rings. The zero-order valence-corrected chi connectivity index (χ0v) is 9.61. The summed E-state index contributed by atoms with van der Waals surface area (Å²) in [6, 6.07) is 3.48. The Morgan fingerprint density at radius 1 is 1.77 bits per heavy atom. The molecule has 1 heterocycles. The van der Waals surface area contributed by atoms with Gasteiger partial charge in [0.2, 0.25) is 5.91 Å². The average molecular weight is 263 g/mol. The first-order valence-electron chi connectivity index (χ1n) is 3.85. The lowest BCUT2D eigenvalue weighted by Crippen LogP contribution is -2.40. The number of hydrogen-bond acceptors (Lipinski definition) is 3. The molecule has 0 saturated carbocycles. The van der Waals surface area contributed by atoms with Crippen molar-refractivity contribution < 1.29 is 4.79 Å². The molecule has 0 aliphatic heterocycles. The maximum Gasteiger partial charge on any atom is 0.237 e. The second-order valence-corrected chi connectivity index (χ2v) is 5.18. The number of amides is 1. The molecule has 0 spiro atoms. The van der Waals surface area contributed by atoms with Gasteiger partial charge in [0.1, 0.15) is 0 Å². The van der Waals surface area contributed by atoms with E-state index in [4.69, 9.17) is 5.73 Å². The third kappa shape index (κ3) is 3.10. The summed E-state index contributed by atoms with van der Waals surface area (Å²) in [5.41, 5.74) is 5.65. The second kappa shape index (κ2) is 4.74. The summed E-state index contributed by atoms with van der Waals surface area (Å²) in [4.78, 5) is 12.2. The highest BCUT2D eigenvalue weighted by molar-refractivity contribution is 9.11. The van der Waals surface area contributed by atoms with E-state index in [9.17, 15) is 4.79 Å². The molecule has 1 amide bonds. The molecule has 3 nitrogen and oxygen atoms in total. The van der Waals surface area contributed by atoms with Gasteiger partial charge in [-0.1, -0.05) is 0 Å². The van der Waals surface area contributed by atoms with E-state index >= 15 is 0 Å². The van der Waals surface area contributed by atoms with Gasteiger partial charge in [0.05, 0.1) is 9.83 Å². The van der Waals surface area contributed by atoms with Crippen LogP contribution in [0.25, 0.3) is 0 Å². The van der Waals surface area contributed by atoms with Gasteiger partial charge in [0, 0.05) is 18.3 Å². The van der Waals surface area contributed by atoms with Crippen molar-refractivity contribution in [2.45, 2.75) is 12.5 Å². The van der Waals surface area contributed by atoms with Crippen LogP contribution in [-0.4, -0.2) is 19.0 Å². The van der Waals surface area contributed by atoms with Crippen molar-refractivity contribution in [2.75, 3.05) is 7.05 Å². The molecule has 72 valence electrons. The quantitative estimate of drug-likeness (QED) is 0.858. The van der Waals surface area contributed by atoms with Gasteiger partial charge in [0.25, 0.3) is 0 Å². The molecule has 1 unspecified atom stereocenters. The van der Waals surface area contributed by atoms with Gasteiger partial charge in [-0.15, -0.1) is 11.3 Å². The second-order valence-electron chi connectivity index (χ2n) is 2.63. The molecular weight excluding hydrogens is 252 g/mol. The highest BCUT2D eigenvalue weighted by Gasteiger charge is 2.12. The van der Waals surface area contributed by atoms with E-state index in [-0.39, 0.29) is 5.91 Å². The number of thiophene rings is 1. The summed E-state index contributed by atoms with van der Waals surface area (Å²) in [5.74, 6) is -0.121. The minimum absolute atomic E-state index is 0.121. The van der Waals surface area contributed by atoms with Gasteiger partial charge >= 0.3 is 0 Å². The monoisotopic (exact) mass is 262 g/mol. The van der Waals surface area contributed by atoms with Crippen LogP contribution in [-0.2, 0) is 11.2 Å². The number of hydrogen-bond donors (Lipinski definition) is 2. The number of rotatable bonds is 3. The van der Waals surface area contributed by atoms with Crippen LogP contribution in [0.5, 0.6) is 0 Å². The number of carbonyl (C=O) groups excluding carboxylic acids is 1. The average Bonchev–Trinajstić information content (AvgIpc) is 2.49. The van der Waals surface area contributed by atoms with Crippen molar-refractivity contribution in [1.82, 2.24) is 5.32 Å². The molecule has 1 rings (SSSR count). The highest BCUT2D eigenvalue weighted by atomic mass is 79.9. The normalized spacial score (nSPS) is 12.5. The minimum atomic E-state index is -0.449. The zero-order valence-electron chi connectivity index (χ0n) is 7.21. The first-order valence-corrected chi connectivity index (χ1v) is 5.46. The van der Waals surface area contributed by atoms with E-state index in [0.29, 0.717) is 6.42 Å².